The van der Waals surface area contributed by atoms with Crippen molar-refractivity contribution in [1.29, 1.82) is 0 Å². The molecule has 0 aliphatic carbocycles. The van der Waals surface area contributed by atoms with Crippen molar-refractivity contribution < 1.29 is 0 Å². The van der Waals surface area contributed by atoms with Gasteiger partial charge in [0.2, 0.25) is 0 Å². The lowest BCUT2D eigenvalue weighted by atomic mass is 9.98. The number of piperidine rings is 1. The van der Waals surface area contributed by atoms with Gasteiger partial charge in [-0.05, 0) is 44.7 Å². The molecule has 23 heavy (non-hydrogen) atoms. The number of rotatable bonds is 5. The van der Waals surface area contributed by atoms with E-state index in [0.29, 0.717) is 5.92 Å². The normalized spacial score (nSPS) is 19.5. The average Bonchev–Trinajstić information content (AvgIpc) is 2.86. The lowest BCUT2D eigenvalue weighted by Crippen LogP contribution is -2.37. The fourth-order valence-corrected chi connectivity index (χ4v) is 3.35. The predicted octanol–water partition coefficient (Wildman–Crippen LogP) is 3.32. The Bertz CT molecular complexity index is 645. The second-order valence-corrected chi connectivity index (χ2v) is 6.47. The van der Waals surface area contributed by atoms with Crippen molar-refractivity contribution in [2.24, 2.45) is 5.92 Å². The molecule has 0 N–H and O–H groups in total. The number of hydrogen-bond acceptors (Lipinski definition) is 3. The highest BCUT2D eigenvalue weighted by atomic mass is 15.3. The molecule has 0 bridgehead atoms. The summed E-state index contributed by atoms with van der Waals surface area (Å²) in [7, 11) is 0. The zero-order valence-corrected chi connectivity index (χ0v) is 14.2. The number of likely N-dealkylation sites (tertiary alicyclic amines) is 1. The van der Waals surface area contributed by atoms with E-state index in [1.807, 2.05) is 13.8 Å². The summed E-state index contributed by atoms with van der Waals surface area (Å²) in [4.78, 5) is 6.95. The highest BCUT2D eigenvalue weighted by Crippen LogP contribution is 2.18. The fraction of sp³-hybridized carbons (Fsp3) is 0.474. The van der Waals surface area contributed by atoms with Crippen molar-refractivity contribution in [3.8, 4) is 0 Å². The topological polar surface area (TPSA) is 34.0 Å². The first-order valence-corrected chi connectivity index (χ1v) is 8.53. The van der Waals surface area contributed by atoms with Gasteiger partial charge in [-0.25, -0.2) is 9.67 Å². The molecular weight excluding hydrogens is 284 g/mol. The van der Waals surface area contributed by atoms with Crippen molar-refractivity contribution in [3.63, 3.8) is 0 Å². The SMILES string of the molecule is Cc1nc(C)n(C[C@@H]2CCCN(C/C=C/c3ccccc3)C2)n1. The van der Waals surface area contributed by atoms with Crippen LogP contribution >= 0.6 is 0 Å². The average molecular weight is 310 g/mol. The van der Waals surface area contributed by atoms with Crippen LogP contribution in [0.15, 0.2) is 36.4 Å². The quantitative estimate of drug-likeness (QED) is 0.849. The van der Waals surface area contributed by atoms with Crippen molar-refractivity contribution in [2.75, 3.05) is 19.6 Å². The molecule has 1 saturated heterocycles. The molecule has 3 rings (SSSR count). The molecular formula is C19H26N4. The zero-order chi connectivity index (χ0) is 16.1. The molecule has 0 unspecified atom stereocenters. The number of aryl methyl sites for hydroxylation is 2. The molecule has 0 spiro atoms. The minimum atomic E-state index is 0.675. The molecule has 122 valence electrons. The monoisotopic (exact) mass is 310 g/mol. The van der Waals surface area contributed by atoms with Crippen molar-refractivity contribution >= 4 is 6.08 Å². The second-order valence-electron chi connectivity index (χ2n) is 6.47. The highest BCUT2D eigenvalue weighted by molar-refractivity contribution is 5.48. The lowest BCUT2D eigenvalue weighted by Gasteiger charge is -2.32. The summed E-state index contributed by atoms with van der Waals surface area (Å²) in [5.74, 6) is 2.58. The smallest absolute Gasteiger partial charge is 0.147 e. The minimum Gasteiger partial charge on any atom is -0.299 e. The number of aromatic nitrogens is 3. The number of nitrogens with zero attached hydrogens (tertiary/aromatic N) is 4. The Morgan fingerprint density at radius 1 is 1.22 bits per heavy atom. The predicted molar refractivity (Wildman–Crippen MR) is 94.1 cm³/mol. The van der Waals surface area contributed by atoms with E-state index in [-0.39, 0.29) is 0 Å². The van der Waals surface area contributed by atoms with Crippen molar-refractivity contribution in [1.82, 2.24) is 19.7 Å². The van der Waals surface area contributed by atoms with Crippen LogP contribution in [0.3, 0.4) is 0 Å². The van der Waals surface area contributed by atoms with E-state index < -0.39 is 0 Å². The Kier molecular flexibility index (Phi) is 5.23. The van der Waals surface area contributed by atoms with E-state index in [0.717, 1.165) is 31.3 Å². The van der Waals surface area contributed by atoms with Gasteiger partial charge >= 0.3 is 0 Å². The Morgan fingerprint density at radius 2 is 2.04 bits per heavy atom. The van der Waals surface area contributed by atoms with E-state index in [1.165, 1.54) is 24.9 Å². The van der Waals surface area contributed by atoms with Gasteiger partial charge in [0.05, 0.1) is 0 Å². The van der Waals surface area contributed by atoms with Crippen LogP contribution in [0.25, 0.3) is 6.08 Å². The van der Waals surface area contributed by atoms with Crippen LogP contribution in [0, 0.1) is 19.8 Å². The largest absolute Gasteiger partial charge is 0.299 e. The molecule has 1 aliphatic heterocycles. The summed E-state index contributed by atoms with van der Waals surface area (Å²) in [6.07, 6.45) is 7.06. The molecule has 2 heterocycles. The molecule has 4 nitrogen and oxygen atoms in total. The maximum absolute atomic E-state index is 4.50. The molecule has 1 aromatic carbocycles. The third kappa shape index (κ3) is 4.52. The van der Waals surface area contributed by atoms with Crippen LogP contribution in [0.5, 0.6) is 0 Å². The Morgan fingerprint density at radius 3 is 2.78 bits per heavy atom. The van der Waals surface area contributed by atoms with Gasteiger partial charge in [-0.3, -0.25) is 4.90 Å². The molecule has 1 aromatic heterocycles. The molecule has 1 fully saturated rings. The van der Waals surface area contributed by atoms with E-state index in [4.69, 9.17) is 0 Å². The standard InChI is InChI=1S/C19H26N4/c1-16-20-17(2)23(21-16)15-19-11-7-13-22(14-19)12-6-10-18-8-4-3-5-9-18/h3-6,8-10,19H,7,11-15H2,1-2H3/b10-6+/t19-/m1/s1. The van der Waals surface area contributed by atoms with Crippen LogP contribution in [-0.4, -0.2) is 39.3 Å². The van der Waals surface area contributed by atoms with Crippen LogP contribution in [-0.2, 0) is 6.54 Å². The first-order valence-electron chi connectivity index (χ1n) is 8.53. The van der Waals surface area contributed by atoms with E-state index >= 15 is 0 Å². The van der Waals surface area contributed by atoms with Gasteiger partial charge in [-0.15, -0.1) is 0 Å². The van der Waals surface area contributed by atoms with Gasteiger partial charge in [-0.1, -0.05) is 42.5 Å². The van der Waals surface area contributed by atoms with Crippen LogP contribution in [0.4, 0.5) is 0 Å². The van der Waals surface area contributed by atoms with Gasteiger partial charge in [0.1, 0.15) is 11.6 Å². The summed E-state index contributed by atoms with van der Waals surface area (Å²) in [5, 5.41) is 4.50. The van der Waals surface area contributed by atoms with Gasteiger partial charge in [0.15, 0.2) is 0 Å². The lowest BCUT2D eigenvalue weighted by molar-refractivity contribution is 0.173. The molecule has 1 aliphatic rings. The molecule has 4 heteroatoms. The van der Waals surface area contributed by atoms with E-state index in [9.17, 15) is 0 Å². The minimum absolute atomic E-state index is 0.675. The first-order chi connectivity index (χ1) is 11.2. The second kappa shape index (κ2) is 7.55. The summed E-state index contributed by atoms with van der Waals surface area (Å²) < 4.78 is 2.07. The number of benzene rings is 1. The first kappa shape index (κ1) is 15.9. The molecule has 2 aromatic rings. The molecule has 0 amide bonds. The fourth-order valence-electron chi connectivity index (χ4n) is 3.35. The van der Waals surface area contributed by atoms with Crippen LogP contribution < -0.4 is 0 Å². The van der Waals surface area contributed by atoms with Gasteiger partial charge in [0.25, 0.3) is 0 Å². The van der Waals surface area contributed by atoms with Crippen molar-refractivity contribution in [3.05, 3.63) is 53.6 Å². The van der Waals surface area contributed by atoms with Crippen LogP contribution in [0.1, 0.15) is 30.1 Å². The number of hydrogen-bond donors (Lipinski definition) is 0. The van der Waals surface area contributed by atoms with E-state index in [2.05, 4.69) is 62.1 Å². The van der Waals surface area contributed by atoms with Crippen LogP contribution in [0.2, 0.25) is 0 Å². The molecule has 0 saturated carbocycles. The Balaban J connectivity index is 1.52. The third-order valence-electron chi connectivity index (χ3n) is 4.47. The van der Waals surface area contributed by atoms with E-state index in [1.54, 1.807) is 0 Å². The molecule has 1 atom stereocenters. The Labute approximate surface area is 138 Å². The van der Waals surface area contributed by atoms with Crippen molar-refractivity contribution in [2.45, 2.75) is 33.2 Å². The zero-order valence-electron chi connectivity index (χ0n) is 14.2. The summed E-state index contributed by atoms with van der Waals surface area (Å²) in [6, 6.07) is 10.5. The summed E-state index contributed by atoms with van der Waals surface area (Å²) in [5.41, 5.74) is 1.27. The van der Waals surface area contributed by atoms with Gasteiger partial charge in [-0.2, -0.15) is 5.10 Å². The Hall–Kier alpha value is -1.94. The molecule has 0 radical (unpaired) electrons. The highest BCUT2D eigenvalue weighted by Gasteiger charge is 2.20. The maximum atomic E-state index is 4.50. The maximum Gasteiger partial charge on any atom is 0.147 e. The summed E-state index contributed by atoms with van der Waals surface area (Å²) in [6.45, 7) is 8.38. The summed E-state index contributed by atoms with van der Waals surface area (Å²) >= 11 is 0. The van der Waals surface area contributed by atoms with Gasteiger partial charge in [0, 0.05) is 19.6 Å². The third-order valence-corrected chi connectivity index (χ3v) is 4.47. The van der Waals surface area contributed by atoms with Gasteiger partial charge < -0.3 is 0 Å².